The number of nitrogens with two attached hydrogens (primary N) is 1. The van der Waals surface area contributed by atoms with Gasteiger partial charge in [0.15, 0.2) is 0 Å². The molecule has 0 aromatic heterocycles. The fourth-order valence-corrected chi connectivity index (χ4v) is 2.40. The molecule has 2 unspecified atom stereocenters. The van der Waals surface area contributed by atoms with Crippen LogP contribution in [0.15, 0.2) is 0 Å². The van der Waals surface area contributed by atoms with Crippen molar-refractivity contribution in [2.24, 2.45) is 11.7 Å². The van der Waals surface area contributed by atoms with E-state index in [1.807, 2.05) is 13.8 Å². The van der Waals surface area contributed by atoms with Crippen LogP contribution in [0.4, 0.5) is 4.79 Å². The lowest BCUT2D eigenvalue weighted by molar-refractivity contribution is -0.131. The van der Waals surface area contributed by atoms with E-state index in [0.29, 0.717) is 13.0 Å². The number of amides is 4. The topological polar surface area (TPSA) is 105 Å². The van der Waals surface area contributed by atoms with Gasteiger partial charge in [-0.25, -0.2) is 4.79 Å². The summed E-state index contributed by atoms with van der Waals surface area (Å²) in [6.45, 7) is 4.63. The first-order chi connectivity index (χ1) is 8.84. The molecule has 4 amide bonds. The van der Waals surface area contributed by atoms with E-state index in [-0.39, 0.29) is 36.7 Å². The van der Waals surface area contributed by atoms with E-state index in [2.05, 4.69) is 10.6 Å². The Morgan fingerprint density at radius 2 is 2.16 bits per heavy atom. The van der Waals surface area contributed by atoms with Crippen molar-refractivity contribution in [3.8, 4) is 0 Å². The average Bonchev–Trinajstić information content (AvgIpc) is 2.84. The van der Waals surface area contributed by atoms with Gasteiger partial charge in [0.1, 0.15) is 5.54 Å². The van der Waals surface area contributed by atoms with Crippen molar-refractivity contribution in [1.82, 2.24) is 15.5 Å². The predicted octanol–water partition coefficient (Wildman–Crippen LogP) is -0.830. The van der Waals surface area contributed by atoms with Crippen LogP contribution >= 0.6 is 0 Å². The third-order valence-corrected chi connectivity index (χ3v) is 3.90. The molecule has 2 atom stereocenters. The summed E-state index contributed by atoms with van der Waals surface area (Å²) >= 11 is 0. The van der Waals surface area contributed by atoms with Gasteiger partial charge in [-0.1, -0.05) is 13.8 Å². The number of rotatable bonds is 3. The quantitative estimate of drug-likeness (QED) is 0.581. The molecule has 106 valence electrons. The molecule has 2 saturated heterocycles. The summed E-state index contributed by atoms with van der Waals surface area (Å²) in [7, 11) is 0. The molecule has 2 fully saturated rings. The Balaban J connectivity index is 1.97. The van der Waals surface area contributed by atoms with Crippen LogP contribution in [0.1, 0.15) is 26.7 Å². The number of hydrogen-bond donors (Lipinski definition) is 3. The third-order valence-electron chi connectivity index (χ3n) is 3.90. The van der Waals surface area contributed by atoms with Crippen molar-refractivity contribution >= 4 is 17.8 Å². The highest BCUT2D eigenvalue weighted by Gasteiger charge is 2.51. The lowest BCUT2D eigenvalue weighted by Gasteiger charge is -2.23. The second-order valence-electron chi connectivity index (χ2n) is 5.67. The molecular weight excluding hydrogens is 248 g/mol. The fourth-order valence-electron chi connectivity index (χ4n) is 2.40. The van der Waals surface area contributed by atoms with Crippen molar-refractivity contribution in [1.29, 1.82) is 0 Å². The molecule has 0 aliphatic carbocycles. The van der Waals surface area contributed by atoms with Gasteiger partial charge < -0.3 is 16.0 Å². The third kappa shape index (κ3) is 2.56. The van der Waals surface area contributed by atoms with Crippen LogP contribution in [0.5, 0.6) is 0 Å². The van der Waals surface area contributed by atoms with Gasteiger partial charge in [-0.05, 0) is 12.3 Å². The molecule has 19 heavy (non-hydrogen) atoms. The van der Waals surface area contributed by atoms with Gasteiger partial charge in [0.25, 0.3) is 5.91 Å². The second-order valence-corrected chi connectivity index (χ2v) is 5.67. The van der Waals surface area contributed by atoms with Gasteiger partial charge in [0.05, 0.1) is 6.54 Å². The highest BCUT2D eigenvalue weighted by atomic mass is 16.2. The van der Waals surface area contributed by atoms with Crippen molar-refractivity contribution in [3.05, 3.63) is 0 Å². The van der Waals surface area contributed by atoms with Gasteiger partial charge in [-0.15, -0.1) is 0 Å². The molecule has 7 heteroatoms. The molecule has 7 nitrogen and oxygen atoms in total. The SMILES string of the molecule is CC(C)C(N)CC(=O)N1CCC2(C1)NC(=O)NC2=O. The molecule has 0 radical (unpaired) electrons. The summed E-state index contributed by atoms with van der Waals surface area (Å²) in [5.74, 6) is -0.178. The molecule has 2 aliphatic heterocycles. The summed E-state index contributed by atoms with van der Waals surface area (Å²) in [5.41, 5.74) is 4.95. The Morgan fingerprint density at radius 1 is 1.47 bits per heavy atom. The van der Waals surface area contributed by atoms with E-state index >= 15 is 0 Å². The Hall–Kier alpha value is -1.63. The lowest BCUT2D eigenvalue weighted by Crippen LogP contribution is -2.50. The number of hydrogen-bond acceptors (Lipinski definition) is 4. The van der Waals surface area contributed by atoms with E-state index in [0.717, 1.165) is 0 Å². The molecule has 0 aromatic carbocycles. The fraction of sp³-hybridized carbons (Fsp3) is 0.750. The van der Waals surface area contributed by atoms with Gasteiger partial charge in [0.2, 0.25) is 5.91 Å². The number of carbonyl (C=O) groups excluding carboxylic acids is 3. The van der Waals surface area contributed by atoms with Crippen LogP contribution in [0.3, 0.4) is 0 Å². The smallest absolute Gasteiger partial charge is 0.322 e. The number of nitrogens with zero attached hydrogens (tertiary/aromatic N) is 1. The van der Waals surface area contributed by atoms with Gasteiger partial charge in [0, 0.05) is 19.0 Å². The number of likely N-dealkylation sites (tertiary alicyclic amines) is 1. The molecule has 4 N–H and O–H groups in total. The van der Waals surface area contributed by atoms with E-state index in [1.165, 1.54) is 0 Å². The summed E-state index contributed by atoms with van der Waals surface area (Å²) in [4.78, 5) is 36.6. The molecule has 1 spiro atoms. The maximum absolute atomic E-state index is 12.1. The van der Waals surface area contributed by atoms with Crippen LogP contribution in [-0.2, 0) is 9.59 Å². The highest BCUT2D eigenvalue weighted by molar-refractivity contribution is 6.07. The lowest BCUT2D eigenvalue weighted by atomic mass is 9.99. The number of carbonyl (C=O) groups is 3. The minimum Gasteiger partial charge on any atom is -0.340 e. The molecule has 0 aromatic rings. The number of urea groups is 1. The minimum absolute atomic E-state index is 0.0629. The Morgan fingerprint density at radius 3 is 2.68 bits per heavy atom. The maximum atomic E-state index is 12.1. The van der Waals surface area contributed by atoms with Gasteiger partial charge in [-0.2, -0.15) is 0 Å². The van der Waals surface area contributed by atoms with Crippen molar-refractivity contribution in [2.45, 2.75) is 38.3 Å². The van der Waals surface area contributed by atoms with Crippen molar-refractivity contribution in [2.75, 3.05) is 13.1 Å². The first-order valence-electron chi connectivity index (χ1n) is 6.51. The summed E-state index contributed by atoms with van der Waals surface area (Å²) in [6, 6.07) is -0.672. The molecule has 2 heterocycles. The Labute approximate surface area is 111 Å². The van der Waals surface area contributed by atoms with Crippen LogP contribution < -0.4 is 16.4 Å². The van der Waals surface area contributed by atoms with Crippen LogP contribution in [-0.4, -0.2) is 47.4 Å². The minimum atomic E-state index is -0.936. The monoisotopic (exact) mass is 268 g/mol. The zero-order chi connectivity index (χ0) is 14.2. The van der Waals surface area contributed by atoms with E-state index in [4.69, 9.17) is 5.73 Å². The standard InChI is InChI=1S/C12H20N4O3/c1-7(2)8(13)5-9(17)16-4-3-12(6-16)10(18)14-11(19)15-12/h7-8H,3-6,13H2,1-2H3,(H2,14,15,18,19). The molecular formula is C12H20N4O3. The predicted molar refractivity (Wildman–Crippen MR) is 68.0 cm³/mol. The van der Waals surface area contributed by atoms with E-state index in [1.54, 1.807) is 4.90 Å². The maximum Gasteiger partial charge on any atom is 0.322 e. The molecule has 2 aliphatic rings. The zero-order valence-corrected chi connectivity index (χ0v) is 11.2. The highest BCUT2D eigenvalue weighted by Crippen LogP contribution is 2.25. The van der Waals surface area contributed by atoms with Gasteiger partial charge in [-0.3, -0.25) is 14.9 Å². The van der Waals surface area contributed by atoms with Crippen LogP contribution in [0.2, 0.25) is 0 Å². The normalized spacial score (nSPS) is 27.9. The summed E-state index contributed by atoms with van der Waals surface area (Å²) in [5, 5.41) is 4.83. The Bertz CT molecular complexity index is 423. The van der Waals surface area contributed by atoms with E-state index in [9.17, 15) is 14.4 Å². The average molecular weight is 268 g/mol. The Kier molecular flexibility index (Phi) is 3.49. The molecule has 2 rings (SSSR count). The molecule has 0 bridgehead atoms. The summed E-state index contributed by atoms with van der Waals surface area (Å²) < 4.78 is 0. The number of imide groups is 1. The summed E-state index contributed by atoms with van der Waals surface area (Å²) in [6.07, 6.45) is 0.719. The van der Waals surface area contributed by atoms with Crippen LogP contribution in [0, 0.1) is 5.92 Å². The first kappa shape index (κ1) is 13.8. The second kappa shape index (κ2) is 4.80. The van der Waals surface area contributed by atoms with E-state index < -0.39 is 11.6 Å². The van der Waals surface area contributed by atoms with Crippen molar-refractivity contribution < 1.29 is 14.4 Å². The van der Waals surface area contributed by atoms with Crippen molar-refractivity contribution in [3.63, 3.8) is 0 Å². The molecule has 0 saturated carbocycles. The van der Waals surface area contributed by atoms with Gasteiger partial charge >= 0.3 is 6.03 Å². The first-order valence-corrected chi connectivity index (χ1v) is 6.51. The van der Waals surface area contributed by atoms with Crippen LogP contribution in [0.25, 0.3) is 0 Å². The number of nitrogens with one attached hydrogen (secondary N) is 2. The zero-order valence-electron chi connectivity index (χ0n) is 11.2. The largest absolute Gasteiger partial charge is 0.340 e.